The highest BCUT2D eigenvalue weighted by Crippen LogP contribution is 2.36. The SMILES string of the molecule is CNC(C)c1c(F)cccc1Sc1ccc(F)cc1F. The maximum absolute atomic E-state index is 13.9. The summed E-state index contributed by atoms with van der Waals surface area (Å²) in [6, 6.07) is 7.82. The lowest BCUT2D eigenvalue weighted by atomic mass is 10.1. The Bertz CT molecular complexity index is 616. The molecule has 106 valence electrons. The highest BCUT2D eigenvalue weighted by Gasteiger charge is 2.16. The highest BCUT2D eigenvalue weighted by atomic mass is 32.2. The van der Waals surface area contributed by atoms with Gasteiger partial charge in [0.1, 0.15) is 17.5 Å². The first-order valence-corrected chi connectivity index (χ1v) is 6.93. The molecule has 2 aromatic carbocycles. The van der Waals surface area contributed by atoms with Crippen molar-refractivity contribution in [2.45, 2.75) is 22.8 Å². The normalized spacial score (nSPS) is 12.4. The molecule has 0 aromatic heterocycles. The van der Waals surface area contributed by atoms with Crippen LogP contribution >= 0.6 is 11.8 Å². The summed E-state index contributed by atoms with van der Waals surface area (Å²) < 4.78 is 40.5. The Kier molecular flexibility index (Phi) is 4.73. The number of halogens is 3. The molecule has 2 aromatic rings. The van der Waals surface area contributed by atoms with E-state index >= 15 is 0 Å². The lowest BCUT2D eigenvalue weighted by Gasteiger charge is -2.16. The van der Waals surface area contributed by atoms with Gasteiger partial charge in [0, 0.05) is 27.5 Å². The Morgan fingerprint density at radius 1 is 1.00 bits per heavy atom. The number of hydrogen-bond acceptors (Lipinski definition) is 2. The number of rotatable bonds is 4. The third-order valence-electron chi connectivity index (χ3n) is 2.99. The van der Waals surface area contributed by atoms with E-state index in [1.54, 1.807) is 19.2 Å². The van der Waals surface area contributed by atoms with E-state index in [-0.39, 0.29) is 16.8 Å². The van der Waals surface area contributed by atoms with Gasteiger partial charge in [-0.15, -0.1) is 0 Å². The molecule has 5 heteroatoms. The van der Waals surface area contributed by atoms with Gasteiger partial charge in [-0.25, -0.2) is 13.2 Å². The van der Waals surface area contributed by atoms with Crippen molar-refractivity contribution in [3.8, 4) is 0 Å². The van der Waals surface area contributed by atoms with Gasteiger partial charge in [-0.05, 0) is 38.2 Å². The predicted molar refractivity (Wildman–Crippen MR) is 74.4 cm³/mol. The highest BCUT2D eigenvalue weighted by molar-refractivity contribution is 7.99. The molecule has 0 saturated carbocycles. The third kappa shape index (κ3) is 3.16. The lowest BCUT2D eigenvalue weighted by Crippen LogP contribution is -2.15. The third-order valence-corrected chi connectivity index (χ3v) is 4.12. The summed E-state index contributed by atoms with van der Waals surface area (Å²) in [6.07, 6.45) is 0. The minimum Gasteiger partial charge on any atom is -0.313 e. The van der Waals surface area contributed by atoms with Crippen LogP contribution in [0.25, 0.3) is 0 Å². The van der Waals surface area contributed by atoms with Crippen molar-refractivity contribution < 1.29 is 13.2 Å². The Labute approximate surface area is 120 Å². The molecule has 0 saturated heterocycles. The molecule has 0 amide bonds. The van der Waals surface area contributed by atoms with Crippen LogP contribution in [0, 0.1) is 17.5 Å². The van der Waals surface area contributed by atoms with Crippen LogP contribution in [0.1, 0.15) is 18.5 Å². The van der Waals surface area contributed by atoms with Crippen LogP contribution in [0.3, 0.4) is 0 Å². The van der Waals surface area contributed by atoms with Crippen LogP contribution in [0.5, 0.6) is 0 Å². The molecular formula is C15H14F3NS. The van der Waals surface area contributed by atoms with Crippen molar-refractivity contribution in [3.05, 3.63) is 59.4 Å². The molecule has 2 rings (SSSR count). The maximum Gasteiger partial charge on any atom is 0.140 e. The smallest absolute Gasteiger partial charge is 0.140 e. The van der Waals surface area contributed by atoms with Crippen molar-refractivity contribution in [2.75, 3.05) is 7.05 Å². The molecule has 1 N–H and O–H groups in total. The van der Waals surface area contributed by atoms with E-state index in [9.17, 15) is 13.2 Å². The molecule has 0 aliphatic heterocycles. The van der Waals surface area contributed by atoms with Gasteiger partial charge in [-0.1, -0.05) is 17.8 Å². The average Bonchev–Trinajstić information content (AvgIpc) is 2.41. The van der Waals surface area contributed by atoms with Crippen LogP contribution < -0.4 is 5.32 Å². The molecule has 0 bridgehead atoms. The van der Waals surface area contributed by atoms with Gasteiger partial charge in [0.25, 0.3) is 0 Å². The number of benzene rings is 2. The summed E-state index contributed by atoms with van der Waals surface area (Å²) in [5, 5.41) is 2.96. The number of hydrogen-bond donors (Lipinski definition) is 1. The predicted octanol–water partition coefficient (Wildman–Crippen LogP) is 4.54. The van der Waals surface area contributed by atoms with Gasteiger partial charge in [0.05, 0.1) is 0 Å². The zero-order valence-electron chi connectivity index (χ0n) is 11.1. The topological polar surface area (TPSA) is 12.0 Å². The monoisotopic (exact) mass is 297 g/mol. The summed E-state index contributed by atoms with van der Waals surface area (Å²) in [4.78, 5) is 0.874. The Morgan fingerprint density at radius 3 is 2.40 bits per heavy atom. The molecular weight excluding hydrogens is 283 g/mol. The summed E-state index contributed by atoms with van der Waals surface area (Å²) in [7, 11) is 1.73. The van der Waals surface area contributed by atoms with Crippen molar-refractivity contribution in [3.63, 3.8) is 0 Å². The zero-order chi connectivity index (χ0) is 14.7. The van der Waals surface area contributed by atoms with Crippen LogP contribution in [0.15, 0.2) is 46.2 Å². The molecule has 1 nitrogen and oxygen atoms in total. The molecule has 0 fully saturated rings. The second kappa shape index (κ2) is 6.33. The van der Waals surface area contributed by atoms with Gasteiger partial charge < -0.3 is 5.32 Å². The van der Waals surface area contributed by atoms with E-state index in [1.165, 1.54) is 18.2 Å². The van der Waals surface area contributed by atoms with Crippen molar-refractivity contribution in [1.82, 2.24) is 5.32 Å². The molecule has 1 atom stereocenters. The van der Waals surface area contributed by atoms with E-state index in [1.807, 2.05) is 6.92 Å². The second-order valence-corrected chi connectivity index (χ2v) is 5.42. The van der Waals surface area contributed by atoms with E-state index in [2.05, 4.69) is 5.32 Å². The van der Waals surface area contributed by atoms with Gasteiger partial charge >= 0.3 is 0 Å². The summed E-state index contributed by atoms with van der Waals surface area (Å²) in [6.45, 7) is 1.82. The fraction of sp³-hybridized carbons (Fsp3) is 0.200. The van der Waals surface area contributed by atoms with Crippen LogP contribution in [-0.4, -0.2) is 7.05 Å². The minimum atomic E-state index is -0.651. The Morgan fingerprint density at radius 2 is 1.75 bits per heavy atom. The largest absolute Gasteiger partial charge is 0.313 e. The summed E-state index contributed by atoms with van der Waals surface area (Å²) in [5.74, 6) is -1.63. The van der Waals surface area contributed by atoms with Crippen molar-refractivity contribution >= 4 is 11.8 Å². The maximum atomic E-state index is 13.9. The van der Waals surface area contributed by atoms with Crippen LogP contribution in [-0.2, 0) is 0 Å². The van der Waals surface area contributed by atoms with Gasteiger partial charge in [0.15, 0.2) is 0 Å². The summed E-state index contributed by atoms with van der Waals surface area (Å²) >= 11 is 1.09. The van der Waals surface area contributed by atoms with Crippen LogP contribution in [0.2, 0.25) is 0 Å². The van der Waals surface area contributed by atoms with E-state index in [4.69, 9.17) is 0 Å². The Balaban J connectivity index is 2.40. The zero-order valence-corrected chi connectivity index (χ0v) is 11.9. The summed E-state index contributed by atoms with van der Waals surface area (Å²) in [5.41, 5.74) is 0.476. The van der Waals surface area contributed by atoms with E-state index < -0.39 is 11.6 Å². The molecule has 0 aliphatic rings. The Hall–Kier alpha value is -1.46. The van der Waals surface area contributed by atoms with Gasteiger partial charge in [0.2, 0.25) is 0 Å². The van der Waals surface area contributed by atoms with Gasteiger partial charge in [-0.2, -0.15) is 0 Å². The minimum absolute atomic E-state index is 0.206. The van der Waals surface area contributed by atoms with E-state index in [0.29, 0.717) is 10.5 Å². The molecule has 0 aliphatic carbocycles. The lowest BCUT2D eigenvalue weighted by molar-refractivity contribution is 0.551. The first-order valence-electron chi connectivity index (χ1n) is 6.11. The quantitative estimate of drug-likeness (QED) is 0.889. The molecule has 1 unspecified atom stereocenters. The molecule has 0 radical (unpaired) electrons. The average molecular weight is 297 g/mol. The number of nitrogens with one attached hydrogen (secondary N) is 1. The standard InChI is InChI=1S/C15H14F3NS/c1-9(19-2)15-11(17)4-3-5-14(15)20-13-7-6-10(16)8-12(13)18/h3-9,19H,1-2H3. The molecule has 0 spiro atoms. The van der Waals surface area contributed by atoms with E-state index in [0.717, 1.165) is 17.8 Å². The first kappa shape index (κ1) is 14.9. The fourth-order valence-electron chi connectivity index (χ4n) is 1.85. The second-order valence-electron chi connectivity index (χ2n) is 4.34. The molecule has 20 heavy (non-hydrogen) atoms. The van der Waals surface area contributed by atoms with Gasteiger partial charge in [-0.3, -0.25) is 0 Å². The molecule has 0 heterocycles. The fourth-order valence-corrected chi connectivity index (χ4v) is 2.91. The first-order chi connectivity index (χ1) is 9.52. The van der Waals surface area contributed by atoms with Crippen LogP contribution in [0.4, 0.5) is 13.2 Å². The van der Waals surface area contributed by atoms with Crippen molar-refractivity contribution in [1.29, 1.82) is 0 Å². The van der Waals surface area contributed by atoms with Crippen molar-refractivity contribution in [2.24, 2.45) is 0 Å².